The molecule has 2 aromatic rings. The third-order valence-electron chi connectivity index (χ3n) is 2.90. The molecule has 0 aromatic heterocycles. The van der Waals surface area contributed by atoms with Crippen LogP contribution in [0, 0.1) is 5.82 Å². The molecule has 0 aliphatic carbocycles. The van der Waals surface area contributed by atoms with E-state index in [1.54, 1.807) is 0 Å². The lowest BCUT2D eigenvalue weighted by atomic mass is 10.2. The summed E-state index contributed by atoms with van der Waals surface area (Å²) in [6.45, 7) is -0.340. The van der Waals surface area contributed by atoms with Crippen molar-refractivity contribution in [1.29, 1.82) is 0 Å². The van der Waals surface area contributed by atoms with E-state index in [2.05, 4.69) is 15.8 Å². The summed E-state index contributed by atoms with van der Waals surface area (Å²) in [6, 6.07) is 9.10. The van der Waals surface area contributed by atoms with E-state index >= 15 is 0 Å². The van der Waals surface area contributed by atoms with Crippen LogP contribution in [0.1, 0.15) is 15.9 Å². The van der Waals surface area contributed by atoms with E-state index < -0.39 is 17.6 Å². The van der Waals surface area contributed by atoms with E-state index in [4.69, 9.17) is 5.11 Å². The van der Waals surface area contributed by atoms with Crippen LogP contribution in [0.4, 0.5) is 4.39 Å². The number of halogens is 1. The Morgan fingerprint density at radius 3 is 2.62 bits per heavy atom. The molecule has 7 nitrogen and oxygen atoms in total. The summed E-state index contributed by atoms with van der Waals surface area (Å²) in [5, 5.41) is 24.4. The number of carbonyl (C=O) groups is 2. The van der Waals surface area contributed by atoms with E-state index in [1.165, 1.54) is 42.6 Å². The number of nitrogens with one attached hydrogen (secondary N) is 2. The molecule has 0 saturated carbocycles. The molecule has 4 N–H and O–H groups in total. The Morgan fingerprint density at radius 1 is 1.12 bits per heavy atom. The summed E-state index contributed by atoms with van der Waals surface area (Å²) in [5.41, 5.74) is 2.74. The second-order valence-electron chi connectivity index (χ2n) is 4.73. The van der Waals surface area contributed by atoms with Crippen LogP contribution in [0.25, 0.3) is 0 Å². The molecule has 0 radical (unpaired) electrons. The van der Waals surface area contributed by atoms with Gasteiger partial charge in [0.05, 0.1) is 12.8 Å². The van der Waals surface area contributed by atoms with E-state index in [9.17, 15) is 19.1 Å². The number of hydrazone groups is 1. The minimum absolute atomic E-state index is 0.103. The number of nitrogens with zero attached hydrogens (tertiary/aromatic N) is 1. The summed E-state index contributed by atoms with van der Waals surface area (Å²) in [6.07, 6.45) is 1.26. The molecule has 0 fully saturated rings. The zero-order valence-corrected chi connectivity index (χ0v) is 12.4. The van der Waals surface area contributed by atoms with Crippen molar-refractivity contribution in [2.75, 3.05) is 6.54 Å². The Morgan fingerprint density at radius 2 is 1.92 bits per heavy atom. The molecule has 8 heteroatoms. The zero-order valence-electron chi connectivity index (χ0n) is 12.4. The first kappa shape index (κ1) is 16.9. The van der Waals surface area contributed by atoms with Gasteiger partial charge in [-0.3, -0.25) is 9.59 Å². The fourth-order valence-corrected chi connectivity index (χ4v) is 1.73. The molecular formula is C16H14FN3O4. The van der Waals surface area contributed by atoms with Crippen LogP contribution in [-0.4, -0.2) is 34.8 Å². The Hall–Kier alpha value is -3.42. The highest BCUT2D eigenvalue weighted by atomic mass is 19.1. The summed E-state index contributed by atoms with van der Waals surface area (Å²) >= 11 is 0. The van der Waals surface area contributed by atoms with Crippen molar-refractivity contribution in [3.05, 3.63) is 59.4 Å². The van der Waals surface area contributed by atoms with Crippen LogP contribution >= 0.6 is 0 Å². The lowest BCUT2D eigenvalue weighted by molar-refractivity contribution is -0.120. The van der Waals surface area contributed by atoms with Gasteiger partial charge in [-0.25, -0.2) is 9.82 Å². The van der Waals surface area contributed by atoms with Gasteiger partial charge in [0.25, 0.3) is 11.8 Å². The molecule has 0 spiro atoms. The van der Waals surface area contributed by atoms with Gasteiger partial charge in [-0.05, 0) is 42.0 Å². The highest BCUT2D eigenvalue weighted by Gasteiger charge is 2.08. The quantitative estimate of drug-likeness (QED) is 0.374. The summed E-state index contributed by atoms with van der Waals surface area (Å²) in [5.74, 6) is -2.30. The third kappa shape index (κ3) is 4.80. The van der Waals surface area contributed by atoms with E-state index in [0.717, 1.165) is 6.07 Å². The standard InChI is InChI=1S/C16H14FN3O4/c17-12-3-1-2-11(7-12)16(24)18-9-15(23)20-19-8-10-4-5-13(21)14(22)6-10/h1-8,21-22H,9H2,(H,18,24)(H,20,23)/b19-8-. The number of benzene rings is 2. The fourth-order valence-electron chi connectivity index (χ4n) is 1.73. The molecular weight excluding hydrogens is 317 g/mol. The molecule has 0 aliphatic rings. The van der Waals surface area contributed by atoms with Crippen molar-refractivity contribution in [2.45, 2.75) is 0 Å². The Labute approximate surface area is 136 Å². The van der Waals surface area contributed by atoms with Crippen LogP contribution in [-0.2, 0) is 4.79 Å². The van der Waals surface area contributed by atoms with Crippen molar-refractivity contribution in [3.8, 4) is 11.5 Å². The largest absolute Gasteiger partial charge is 0.504 e. The molecule has 2 amide bonds. The lowest BCUT2D eigenvalue weighted by Crippen LogP contribution is -2.34. The van der Waals surface area contributed by atoms with Crippen molar-refractivity contribution in [3.63, 3.8) is 0 Å². The second kappa shape index (κ2) is 7.73. The van der Waals surface area contributed by atoms with Crippen molar-refractivity contribution in [2.24, 2.45) is 5.10 Å². The van der Waals surface area contributed by atoms with Crippen molar-refractivity contribution in [1.82, 2.24) is 10.7 Å². The van der Waals surface area contributed by atoms with Gasteiger partial charge in [0, 0.05) is 5.56 Å². The molecule has 0 unspecified atom stereocenters. The van der Waals surface area contributed by atoms with Crippen LogP contribution in [0.15, 0.2) is 47.6 Å². The highest BCUT2D eigenvalue weighted by molar-refractivity contribution is 5.96. The zero-order chi connectivity index (χ0) is 17.5. The number of amides is 2. The predicted octanol–water partition coefficient (Wildman–Crippen LogP) is 1.12. The topological polar surface area (TPSA) is 111 Å². The van der Waals surface area contributed by atoms with Gasteiger partial charge in [0.2, 0.25) is 0 Å². The number of phenolic OH excluding ortho intramolecular Hbond substituents is 2. The minimum Gasteiger partial charge on any atom is -0.504 e. The third-order valence-corrected chi connectivity index (χ3v) is 2.90. The van der Waals surface area contributed by atoms with Crippen molar-refractivity contribution >= 4 is 18.0 Å². The van der Waals surface area contributed by atoms with Crippen molar-refractivity contribution < 1.29 is 24.2 Å². The first-order valence-corrected chi connectivity index (χ1v) is 6.83. The summed E-state index contributed by atoms with van der Waals surface area (Å²) < 4.78 is 13.0. The number of phenols is 2. The first-order chi connectivity index (χ1) is 11.5. The van der Waals surface area contributed by atoms with Gasteiger partial charge >= 0.3 is 0 Å². The molecule has 2 aromatic carbocycles. The number of hydrogen-bond donors (Lipinski definition) is 4. The fraction of sp³-hybridized carbons (Fsp3) is 0.0625. The average molecular weight is 331 g/mol. The van der Waals surface area contributed by atoms with Crippen LogP contribution in [0.3, 0.4) is 0 Å². The Kier molecular flexibility index (Phi) is 5.45. The maximum atomic E-state index is 13.0. The minimum atomic E-state index is -0.586. The Bertz CT molecular complexity index is 793. The van der Waals surface area contributed by atoms with Gasteiger partial charge in [-0.15, -0.1) is 0 Å². The van der Waals surface area contributed by atoms with Gasteiger partial charge in [-0.1, -0.05) is 6.07 Å². The van der Waals surface area contributed by atoms with Gasteiger partial charge < -0.3 is 15.5 Å². The number of rotatable bonds is 5. The molecule has 0 atom stereocenters. The molecule has 0 bridgehead atoms. The normalized spacial score (nSPS) is 10.5. The molecule has 0 saturated heterocycles. The number of aromatic hydroxyl groups is 2. The van der Waals surface area contributed by atoms with Gasteiger partial charge in [-0.2, -0.15) is 5.10 Å². The average Bonchev–Trinajstić information content (AvgIpc) is 2.56. The molecule has 124 valence electrons. The molecule has 2 rings (SSSR count). The van der Waals surface area contributed by atoms with Gasteiger partial charge in [0.15, 0.2) is 11.5 Å². The molecule has 0 heterocycles. The van der Waals surface area contributed by atoms with E-state index in [1.807, 2.05) is 0 Å². The van der Waals surface area contributed by atoms with E-state index in [-0.39, 0.29) is 23.6 Å². The number of carbonyl (C=O) groups excluding carboxylic acids is 2. The van der Waals surface area contributed by atoms with Crippen LogP contribution < -0.4 is 10.7 Å². The predicted molar refractivity (Wildman–Crippen MR) is 84.2 cm³/mol. The second-order valence-corrected chi connectivity index (χ2v) is 4.73. The maximum Gasteiger partial charge on any atom is 0.259 e. The SMILES string of the molecule is O=C(CNC(=O)c1cccc(F)c1)N/N=C\c1ccc(O)c(O)c1. The summed E-state index contributed by atoms with van der Waals surface area (Å²) in [7, 11) is 0. The Balaban J connectivity index is 1.81. The molecule has 24 heavy (non-hydrogen) atoms. The molecule has 0 aliphatic heterocycles. The van der Waals surface area contributed by atoms with Crippen LogP contribution in [0.2, 0.25) is 0 Å². The van der Waals surface area contributed by atoms with Crippen LogP contribution in [0.5, 0.6) is 11.5 Å². The monoisotopic (exact) mass is 331 g/mol. The highest BCUT2D eigenvalue weighted by Crippen LogP contribution is 2.23. The lowest BCUT2D eigenvalue weighted by Gasteiger charge is -2.04. The summed E-state index contributed by atoms with van der Waals surface area (Å²) in [4.78, 5) is 23.3. The van der Waals surface area contributed by atoms with E-state index in [0.29, 0.717) is 5.56 Å². The maximum absolute atomic E-state index is 13.0. The number of hydrogen-bond acceptors (Lipinski definition) is 5. The first-order valence-electron chi connectivity index (χ1n) is 6.83. The smallest absolute Gasteiger partial charge is 0.259 e. The van der Waals surface area contributed by atoms with Gasteiger partial charge in [0.1, 0.15) is 5.82 Å².